The number of nitrogens with zero attached hydrogens (tertiary/aromatic N) is 1. The Balaban J connectivity index is 0.000000686. The van der Waals surface area contributed by atoms with E-state index in [-0.39, 0.29) is 5.91 Å². The van der Waals surface area contributed by atoms with Crippen molar-refractivity contribution < 1.29 is 9.21 Å². The van der Waals surface area contributed by atoms with Gasteiger partial charge in [-0.1, -0.05) is 27.2 Å². The molecule has 96 valence electrons. The molecule has 1 amide bonds. The molecule has 1 aliphatic rings. The van der Waals surface area contributed by atoms with Gasteiger partial charge in [-0.05, 0) is 24.8 Å². The highest BCUT2D eigenvalue weighted by atomic mass is 16.3. The van der Waals surface area contributed by atoms with Crippen molar-refractivity contribution in [2.24, 2.45) is 5.92 Å². The average Bonchev–Trinajstić information content (AvgIpc) is 2.94. The second-order valence-electron chi connectivity index (χ2n) is 4.18. The van der Waals surface area contributed by atoms with Crippen molar-refractivity contribution in [2.75, 3.05) is 13.1 Å². The number of piperidine rings is 1. The van der Waals surface area contributed by atoms with Gasteiger partial charge in [0.1, 0.15) is 6.26 Å². The van der Waals surface area contributed by atoms with Crippen LogP contribution in [0.25, 0.3) is 0 Å². The normalized spacial score (nSPS) is 19.5. The van der Waals surface area contributed by atoms with Gasteiger partial charge in [0.05, 0.1) is 11.8 Å². The van der Waals surface area contributed by atoms with E-state index in [1.807, 2.05) is 18.7 Å². The molecule has 2 heterocycles. The minimum absolute atomic E-state index is 0.113. The molecule has 1 saturated heterocycles. The highest BCUT2D eigenvalue weighted by Gasteiger charge is 2.23. The van der Waals surface area contributed by atoms with Crippen molar-refractivity contribution in [1.29, 1.82) is 0 Å². The molecule has 1 aromatic heterocycles. The van der Waals surface area contributed by atoms with Crippen LogP contribution in [-0.4, -0.2) is 23.9 Å². The SMILES string of the molecule is CC.CCC1CCCN(C(=O)c2ccoc2)C1. The Hall–Kier alpha value is -1.25. The van der Waals surface area contributed by atoms with E-state index in [1.165, 1.54) is 12.7 Å². The minimum Gasteiger partial charge on any atom is -0.472 e. The lowest BCUT2D eigenvalue weighted by Gasteiger charge is -2.32. The third kappa shape index (κ3) is 3.62. The van der Waals surface area contributed by atoms with Gasteiger partial charge >= 0.3 is 0 Å². The van der Waals surface area contributed by atoms with Crippen LogP contribution in [-0.2, 0) is 0 Å². The number of hydrogen-bond donors (Lipinski definition) is 0. The first-order valence-corrected chi connectivity index (χ1v) is 6.62. The van der Waals surface area contributed by atoms with Crippen molar-refractivity contribution in [3.8, 4) is 0 Å². The highest BCUT2D eigenvalue weighted by molar-refractivity contribution is 5.93. The Kier molecular flexibility index (Phi) is 5.81. The second-order valence-corrected chi connectivity index (χ2v) is 4.18. The van der Waals surface area contributed by atoms with E-state index >= 15 is 0 Å². The number of likely N-dealkylation sites (tertiary alicyclic amines) is 1. The summed E-state index contributed by atoms with van der Waals surface area (Å²) in [6, 6.07) is 1.73. The quantitative estimate of drug-likeness (QED) is 0.788. The predicted molar refractivity (Wildman–Crippen MR) is 69.0 cm³/mol. The van der Waals surface area contributed by atoms with Crippen molar-refractivity contribution >= 4 is 5.91 Å². The molecule has 0 bridgehead atoms. The van der Waals surface area contributed by atoms with Crippen LogP contribution < -0.4 is 0 Å². The number of amides is 1. The molecular formula is C14H23NO2. The number of hydrogen-bond acceptors (Lipinski definition) is 2. The first-order chi connectivity index (χ1) is 8.31. The molecule has 1 unspecified atom stereocenters. The lowest BCUT2D eigenvalue weighted by molar-refractivity contribution is 0.0670. The van der Waals surface area contributed by atoms with E-state index < -0.39 is 0 Å². The van der Waals surface area contributed by atoms with Crippen LogP contribution in [0.15, 0.2) is 23.0 Å². The van der Waals surface area contributed by atoms with Gasteiger partial charge in [0.15, 0.2) is 0 Å². The molecule has 1 aromatic rings. The summed E-state index contributed by atoms with van der Waals surface area (Å²) in [6.45, 7) is 7.98. The lowest BCUT2D eigenvalue weighted by Crippen LogP contribution is -2.39. The summed E-state index contributed by atoms with van der Waals surface area (Å²) in [6.07, 6.45) is 6.62. The van der Waals surface area contributed by atoms with Crippen LogP contribution in [0.1, 0.15) is 50.4 Å². The minimum atomic E-state index is 0.113. The number of furan rings is 1. The first-order valence-electron chi connectivity index (χ1n) is 6.62. The molecule has 3 nitrogen and oxygen atoms in total. The maximum atomic E-state index is 12.0. The van der Waals surface area contributed by atoms with Gasteiger partial charge in [0.25, 0.3) is 5.91 Å². The lowest BCUT2D eigenvalue weighted by atomic mass is 9.95. The molecular weight excluding hydrogens is 214 g/mol. The molecule has 2 rings (SSSR count). The number of carbonyl (C=O) groups excluding carboxylic acids is 1. The first kappa shape index (κ1) is 13.8. The third-order valence-electron chi connectivity index (χ3n) is 3.15. The molecule has 0 N–H and O–H groups in total. The van der Waals surface area contributed by atoms with E-state index in [0.29, 0.717) is 11.5 Å². The van der Waals surface area contributed by atoms with Gasteiger partial charge in [-0.25, -0.2) is 0 Å². The Labute approximate surface area is 104 Å². The molecule has 3 heteroatoms. The topological polar surface area (TPSA) is 33.5 Å². The van der Waals surface area contributed by atoms with Gasteiger partial charge in [-0.2, -0.15) is 0 Å². The summed E-state index contributed by atoms with van der Waals surface area (Å²) in [7, 11) is 0. The average molecular weight is 237 g/mol. The van der Waals surface area contributed by atoms with E-state index in [9.17, 15) is 4.79 Å². The van der Waals surface area contributed by atoms with Crippen molar-refractivity contribution in [2.45, 2.75) is 40.0 Å². The van der Waals surface area contributed by atoms with Gasteiger partial charge in [0.2, 0.25) is 0 Å². The fourth-order valence-electron chi connectivity index (χ4n) is 2.15. The Morgan fingerprint density at radius 1 is 1.53 bits per heavy atom. The van der Waals surface area contributed by atoms with Crippen molar-refractivity contribution in [3.05, 3.63) is 24.2 Å². The second kappa shape index (κ2) is 7.15. The standard InChI is InChI=1S/C12H17NO2.C2H6/c1-2-10-4-3-6-13(8-10)12(14)11-5-7-15-9-11;1-2/h5,7,9-10H,2-4,6,8H2,1H3;1-2H3. The zero-order valence-corrected chi connectivity index (χ0v) is 11.1. The molecule has 17 heavy (non-hydrogen) atoms. The Morgan fingerprint density at radius 2 is 2.29 bits per heavy atom. The summed E-state index contributed by atoms with van der Waals surface area (Å²) >= 11 is 0. The molecule has 0 aliphatic carbocycles. The maximum absolute atomic E-state index is 12.0. The van der Waals surface area contributed by atoms with Gasteiger partial charge in [0, 0.05) is 13.1 Å². The van der Waals surface area contributed by atoms with Gasteiger partial charge < -0.3 is 9.32 Å². The van der Waals surface area contributed by atoms with Crippen molar-refractivity contribution in [1.82, 2.24) is 4.90 Å². The Bertz CT molecular complexity index is 319. The summed E-state index contributed by atoms with van der Waals surface area (Å²) in [4.78, 5) is 13.9. The fraction of sp³-hybridized carbons (Fsp3) is 0.643. The van der Waals surface area contributed by atoms with Crippen LogP contribution >= 0.6 is 0 Å². The smallest absolute Gasteiger partial charge is 0.257 e. The monoisotopic (exact) mass is 237 g/mol. The van der Waals surface area contributed by atoms with Crippen molar-refractivity contribution in [3.63, 3.8) is 0 Å². The van der Waals surface area contributed by atoms with E-state index in [0.717, 1.165) is 25.9 Å². The zero-order chi connectivity index (χ0) is 12.7. The fourth-order valence-corrected chi connectivity index (χ4v) is 2.15. The predicted octanol–water partition coefficient (Wildman–Crippen LogP) is 3.57. The summed E-state index contributed by atoms with van der Waals surface area (Å²) in [5.41, 5.74) is 0.673. The summed E-state index contributed by atoms with van der Waals surface area (Å²) < 4.78 is 4.93. The maximum Gasteiger partial charge on any atom is 0.257 e. The van der Waals surface area contributed by atoms with Gasteiger partial charge in [-0.3, -0.25) is 4.79 Å². The summed E-state index contributed by atoms with van der Waals surface area (Å²) in [5, 5.41) is 0. The van der Waals surface area contributed by atoms with Crippen LogP contribution in [0, 0.1) is 5.92 Å². The number of rotatable bonds is 2. The van der Waals surface area contributed by atoms with Crippen LogP contribution in [0.2, 0.25) is 0 Å². The highest BCUT2D eigenvalue weighted by Crippen LogP contribution is 2.20. The Morgan fingerprint density at radius 3 is 2.88 bits per heavy atom. The van der Waals surface area contributed by atoms with Crippen LogP contribution in [0.5, 0.6) is 0 Å². The third-order valence-corrected chi connectivity index (χ3v) is 3.15. The molecule has 1 aliphatic heterocycles. The van der Waals surface area contributed by atoms with Crippen LogP contribution in [0.3, 0.4) is 0 Å². The molecule has 0 aromatic carbocycles. The largest absolute Gasteiger partial charge is 0.472 e. The summed E-state index contributed by atoms with van der Waals surface area (Å²) in [5.74, 6) is 0.788. The molecule has 0 radical (unpaired) electrons. The molecule has 0 spiro atoms. The molecule has 0 saturated carbocycles. The zero-order valence-electron chi connectivity index (χ0n) is 11.1. The van der Waals surface area contributed by atoms with E-state index in [4.69, 9.17) is 4.42 Å². The van der Waals surface area contributed by atoms with E-state index in [1.54, 1.807) is 12.3 Å². The van der Waals surface area contributed by atoms with Gasteiger partial charge in [-0.15, -0.1) is 0 Å². The molecule has 1 fully saturated rings. The number of carbonyl (C=O) groups is 1. The molecule has 1 atom stereocenters. The van der Waals surface area contributed by atoms with E-state index in [2.05, 4.69) is 6.92 Å². The van der Waals surface area contributed by atoms with Crippen LogP contribution in [0.4, 0.5) is 0 Å².